The van der Waals surface area contributed by atoms with Crippen LogP contribution in [0.15, 0.2) is 314 Å². The van der Waals surface area contributed by atoms with Crippen LogP contribution in [0.5, 0.6) is 0 Å². The average molecular weight is 1010 g/mol. The van der Waals surface area contributed by atoms with Gasteiger partial charge in [-0.25, -0.2) is 15.0 Å². The van der Waals surface area contributed by atoms with E-state index >= 15 is 0 Å². The van der Waals surface area contributed by atoms with Gasteiger partial charge in [0.15, 0.2) is 17.5 Å². The molecule has 362 valence electrons. The van der Waals surface area contributed by atoms with Crippen LogP contribution in [-0.2, 0) is 0 Å². The second kappa shape index (κ2) is 19.5. The second-order valence-electron chi connectivity index (χ2n) is 18.8. The second-order valence-corrected chi connectivity index (χ2v) is 23.1. The number of hydrogen-bond acceptors (Lipinski definition) is 5. The fraction of sp³-hybridized carbons (Fsp3) is 0. The highest BCUT2D eigenvalue weighted by atomic mass is 32.2. The van der Waals surface area contributed by atoms with Crippen molar-refractivity contribution in [2.24, 2.45) is 0 Å². The first-order chi connectivity index (χ1) is 37.8. The van der Waals surface area contributed by atoms with Crippen LogP contribution in [0.2, 0.25) is 0 Å². The van der Waals surface area contributed by atoms with E-state index in [4.69, 9.17) is 15.0 Å². The number of para-hydroxylation sites is 6. The Hall–Kier alpha value is -9.27. The van der Waals surface area contributed by atoms with Crippen molar-refractivity contribution in [3.05, 3.63) is 285 Å². The summed E-state index contributed by atoms with van der Waals surface area (Å²) in [6.07, 6.45) is 0. The zero-order chi connectivity index (χ0) is 50.4. The van der Waals surface area contributed by atoms with Crippen molar-refractivity contribution in [3.63, 3.8) is 0 Å². The number of anilines is 6. The molecule has 0 aliphatic carbocycles. The molecule has 14 rings (SSSR count). The highest BCUT2D eigenvalue weighted by Gasteiger charge is 2.36. The van der Waals surface area contributed by atoms with Gasteiger partial charge in [-0.3, -0.25) is 0 Å². The molecule has 12 aromatic rings. The number of aromatic nitrogens is 3. The molecule has 2 aliphatic heterocycles. The minimum Gasteiger partial charge on any atom is -0.307 e. The maximum atomic E-state index is 5.76. The van der Waals surface area contributed by atoms with Crippen molar-refractivity contribution in [3.8, 4) is 56.4 Å². The van der Waals surface area contributed by atoms with Gasteiger partial charge >= 0.3 is 0 Å². The topological polar surface area (TPSA) is 45.2 Å². The van der Waals surface area contributed by atoms with E-state index in [1.54, 1.807) is 0 Å². The van der Waals surface area contributed by atoms with Crippen LogP contribution >= 0.6 is 21.8 Å². The van der Waals surface area contributed by atoms with E-state index in [-0.39, 0.29) is 0 Å². The molecule has 0 atom stereocenters. The standard InChI is InChI=1S/C69H49N5S2/c1-6-26-48(27-7-1)53-36-24-38-55(65(53)73-57-40-16-20-44-61(57)75(51-32-12-4-13-33-51)62-45-21-17-41-58(62)73)68-70-67(50-30-10-3-11-31-50)71-69(72-68)56-39-25-37-54(49-28-8-2-9-29-49)66(56)74-59-42-18-22-46-63(59)76(52-34-14-5-15-35-52)64-47-23-19-43-60(64)74/h1-47,75-76H. The Morgan fingerprint density at radius 3 is 0.855 bits per heavy atom. The monoisotopic (exact) mass is 1010 g/mol. The van der Waals surface area contributed by atoms with Gasteiger partial charge in [-0.05, 0) is 106 Å². The summed E-state index contributed by atoms with van der Waals surface area (Å²) >= 11 is 0. The Kier molecular flexibility index (Phi) is 11.7. The molecule has 0 saturated heterocycles. The van der Waals surface area contributed by atoms with Crippen LogP contribution in [0.4, 0.5) is 34.1 Å². The predicted molar refractivity (Wildman–Crippen MR) is 317 cm³/mol. The van der Waals surface area contributed by atoms with E-state index in [1.807, 2.05) is 6.07 Å². The zero-order valence-corrected chi connectivity index (χ0v) is 43.1. The summed E-state index contributed by atoms with van der Waals surface area (Å²) in [5.74, 6) is 1.74. The van der Waals surface area contributed by atoms with Crippen molar-refractivity contribution in [2.75, 3.05) is 9.80 Å². The summed E-state index contributed by atoms with van der Waals surface area (Å²) < 4.78 is 0. The zero-order valence-electron chi connectivity index (χ0n) is 41.3. The quantitative estimate of drug-likeness (QED) is 0.141. The fourth-order valence-corrected chi connectivity index (χ4v) is 16.2. The maximum absolute atomic E-state index is 5.76. The molecular formula is C69H49N5S2. The SMILES string of the molecule is c1ccc(-c2nc(-c3cccc(-c4ccccc4)c3N3c4ccccc4[SH](c4ccccc4)c4ccccc43)nc(-c3cccc(-c4ccccc4)c3N3c4ccccc4[SH](c4ccccc4)c4ccccc43)n2)cc1. The van der Waals surface area contributed by atoms with Gasteiger partial charge in [0.1, 0.15) is 0 Å². The molecule has 3 heterocycles. The third-order valence-corrected chi connectivity index (χ3v) is 19.4. The highest BCUT2D eigenvalue weighted by Crippen LogP contribution is 2.66. The van der Waals surface area contributed by atoms with Crippen molar-refractivity contribution >= 4 is 55.9 Å². The van der Waals surface area contributed by atoms with Crippen LogP contribution < -0.4 is 9.80 Å². The Morgan fingerprint density at radius 2 is 0.500 bits per heavy atom. The van der Waals surface area contributed by atoms with Crippen molar-refractivity contribution in [1.82, 2.24) is 15.0 Å². The first-order valence-corrected chi connectivity index (χ1v) is 28.3. The first kappa shape index (κ1) is 45.4. The summed E-state index contributed by atoms with van der Waals surface area (Å²) in [5, 5.41) is 0. The molecule has 11 aromatic carbocycles. The lowest BCUT2D eigenvalue weighted by atomic mass is 9.96. The van der Waals surface area contributed by atoms with Crippen LogP contribution in [0.1, 0.15) is 0 Å². The van der Waals surface area contributed by atoms with Crippen molar-refractivity contribution < 1.29 is 0 Å². The number of hydrogen-bond donors (Lipinski definition) is 2. The Bertz CT molecular complexity index is 3740. The number of thiol groups is 2. The van der Waals surface area contributed by atoms with E-state index in [2.05, 4.69) is 289 Å². The lowest BCUT2D eigenvalue weighted by Crippen LogP contribution is -2.19. The molecule has 76 heavy (non-hydrogen) atoms. The summed E-state index contributed by atoms with van der Waals surface area (Å²) in [6.45, 7) is 0. The van der Waals surface area contributed by atoms with Gasteiger partial charge in [-0.2, -0.15) is 21.8 Å². The Balaban J connectivity index is 1.05. The van der Waals surface area contributed by atoms with Crippen LogP contribution in [0, 0.1) is 0 Å². The molecule has 0 saturated carbocycles. The third kappa shape index (κ3) is 7.87. The third-order valence-electron chi connectivity index (χ3n) is 14.3. The summed E-state index contributed by atoms with van der Waals surface area (Å²) in [5.41, 5.74) is 13.5. The fourth-order valence-electron chi connectivity index (χ4n) is 11.0. The van der Waals surface area contributed by atoms with Gasteiger partial charge in [-0.1, -0.05) is 200 Å². The van der Waals surface area contributed by atoms with E-state index < -0.39 is 21.8 Å². The molecule has 0 bridgehead atoms. The normalized spacial score (nSPS) is 13.3. The molecule has 0 amide bonds. The lowest BCUT2D eigenvalue weighted by molar-refractivity contribution is 1.06. The van der Waals surface area contributed by atoms with Gasteiger partial charge in [0.2, 0.25) is 0 Å². The van der Waals surface area contributed by atoms with Gasteiger partial charge in [0, 0.05) is 47.4 Å². The summed E-state index contributed by atoms with van der Waals surface area (Å²) in [7, 11) is -1.77. The first-order valence-electron chi connectivity index (χ1n) is 25.6. The molecule has 0 N–H and O–H groups in total. The molecule has 7 heteroatoms. The summed E-state index contributed by atoms with van der Waals surface area (Å²) in [4.78, 5) is 29.6. The molecule has 0 radical (unpaired) electrons. The number of rotatable bonds is 9. The van der Waals surface area contributed by atoms with E-state index in [0.717, 1.165) is 73.1 Å². The number of nitrogens with zero attached hydrogens (tertiary/aromatic N) is 5. The van der Waals surface area contributed by atoms with E-state index in [0.29, 0.717) is 17.5 Å². The number of benzene rings is 11. The highest BCUT2D eigenvalue weighted by molar-refractivity contribution is 8.17. The molecule has 0 spiro atoms. The minimum atomic E-state index is -0.886. The van der Waals surface area contributed by atoms with Gasteiger partial charge in [0.05, 0.1) is 34.1 Å². The van der Waals surface area contributed by atoms with Gasteiger partial charge < -0.3 is 9.80 Å². The Morgan fingerprint density at radius 1 is 0.224 bits per heavy atom. The molecule has 2 aliphatic rings. The van der Waals surface area contributed by atoms with Crippen molar-refractivity contribution in [1.29, 1.82) is 0 Å². The van der Waals surface area contributed by atoms with Crippen molar-refractivity contribution in [2.45, 2.75) is 29.4 Å². The van der Waals surface area contributed by atoms with E-state index in [1.165, 1.54) is 29.4 Å². The predicted octanol–water partition coefficient (Wildman–Crippen LogP) is 18.7. The summed E-state index contributed by atoms with van der Waals surface area (Å²) in [6, 6.07) is 103. The number of fused-ring (bicyclic) bond motifs is 4. The molecule has 0 fully saturated rings. The van der Waals surface area contributed by atoms with Gasteiger partial charge in [-0.15, -0.1) is 0 Å². The Labute approximate surface area is 448 Å². The molecular weight excluding hydrogens is 963 g/mol. The van der Waals surface area contributed by atoms with Crippen LogP contribution in [0.25, 0.3) is 56.4 Å². The molecule has 5 nitrogen and oxygen atoms in total. The maximum Gasteiger partial charge on any atom is 0.166 e. The minimum absolute atomic E-state index is 0.575. The molecule has 1 aromatic heterocycles. The average Bonchev–Trinajstić information content (AvgIpc) is 3.50. The van der Waals surface area contributed by atoms with E-state index in [9.17, 15) is 0 Å². The van der Waals surface area contributed by atoms with Crippen LogP contribution in [0.3, 0.4) is 0 Å². The lowest BCUT2D eigenvalue weighted by Gasteiger charge is -2.41. The smallest absolute Gasteiger partial charge is 0.166 e. The molecule has 0 unspecified atom stereocenters. The van der Waals surface area contributed by atoms with Crippen LogP contribution in [-0.4, -0.2) is 15.0 Å². The van der Waals surface area contributed by atoms with Gasteiger partial charge in [0.25, 0.3) is 0 Å². The largest absolute Gasteiger partial charge is 0.307 e.